The summed E-state index contributed by atoms with van der Waals surface area (Å²) in [4.78, 5) is 11.2. The summed E-state index contributed by atoms with van der Waals surface area (Å²) in [5.74, 6) is 2.87. The molecule has 4 bridgehead atoms. The van der Waals surface area contributed by atoms with E-state index < -0.39 is 5.91 Å². The van der Waals surface area contributed by atoms with Crippen LogP contribution in [-0.2, 0) is 0 Å². The van der Waals surface area contributed by atoms with Gasteiger partial charge >= 0.3 is 0 Å². The van der Waals surface area contributed by atoms with Crippen LogP contribution in [0.2, 0.25) is 0 Å². The average molecular weight is 261 g/mol. The standard InChI is InChI=1S/C13H19N5O/c14-12-10(13(15)19)16-17-18(12)11-8-2-6-1-7(4-8)5-9(11)3-6/h6-9,11H,1-5,14H2,(H2,15,19). The Morgan fingerprint density at radius 3 is 2.16 bits per heavy atom. The van der Waals surface area contributed by atoms with E-state index in [0.29, 0.717) is 23.7 Å². The lowest BCUT2D eigenvalue weighted by atomic mass is 9.54. The molecule has 102 valence electrons. The third-order valence-corrected chi connectivity index (χ3v) is 5.42. The van der Waals surface area contributed by atoms with Crippen molar-refractivity contribution < 1.29 is 4.79 Å². The first kappa shape index (κ1) is 11.3. The maximum Gasteiger partial charge on any atom is 0.273 e. The van der Waals surface area contributed by atoms with E-state index in [0.717, 1.165) is 11.8 Å². The second-order valence-electron chi connectivity index (χ2n) is 6.55. The second kappa shape index (κ2) is 3.71. The first-order chi connectivity index (χ1) is 9.13. The summed E-state index contributed by atoms with van der Waals surface area (Å²) in [6.07, 6.45) is 6.54. The Kier molecular flexibility index (Phi) is 2.20. The van der Waals surface area contributed by atoms with Gasteiger partial charge in [-0.25, -0.2) is 4.68 Å². The topological polar surface area (TPSA) is 99.8 Å². The van der Waals surface area contributed by atoms with Crippen molar-refractivity contribution in [2.45, 2.75) is 38.1 Å². The van der Waals surface area contributed by atoms with Gasteiger partial charge in [0.25, 0.3) is 5.91 Å². The predicted molar refractivity (Wildman–Crippen MR) is 69.0 cm³/mol. The molecule has 4 aliphatic carbocycles. The van der Waals surface area contributed by atoms with E-state index in [2.05, 4.69) is 10.3 Å². The molecule has 0 unspecified atom stereocenters. The van der Waals surface area contributed by atoms with Crippen LogP contribution in [0.15, 0.2) is 0 Å². The van der Waals surface area contributed by atoms with Crippen LogP contribution in [0.4, 0.5) is 5.82 Å². The van der Waals surface area contributed by atoms with Crippen LogP contribution in [0.1, 0.15) is 48.6 Å². The normalized spacial score (nSPS) is 39.7. The van der Waals surface area contributed by atoms with E-state index in [1.807, 2.05) is 0 Å². The zero-order valence-corrected chi connectivity index (χ0v) is 10.8. The van der Waals surface area contributed by atoms with E-state index >= 15 is 0 Å². The van der Waals surface area contributed by atoms with Crippen molar-refractivity contribution in [3.63, 3.8) is 0 Å². The molecular weight excluding hydrogens is 242 g/mol. The van der Waals surface area contributed by atoms with Gasteiger partial charge in [0.05, 0.1) is 6.04 Å². The molecule has 6 heteroatoms. The molecule has 0 spiro atoms. The van der Waals surface area contributed by atoms with Gasteiger partial charge in [-0.2, -0.15) is 0 Å². The zero-order chi connectivity index (χ0) is 13.1. The first-order valence-electron chi connectivity index (χ1n) is 7.14. The molecule has 1 amide bonds. The molecule has 4 aliphatic rings. The number of amides is 1. The van der Waals surface area contributed by atoms with Crippen LogP contribution in [0.5, 0.6) is 0 Å². The lowest BCUT2D eigenvalue weighted by molar-refractivity contribution is -0.0334. The number of carbonyl (C=O) groups excluding carboxylic acids is 1. The number of nitrogens with zero attached hydrogens (tertiary/aromatic N) is 3. The van der Waals surface area contributed by atoms with Crippen molar-refractivity contribution in [2.24, 2.45) is 29.4 Å². The summed E-state index contributed by atoms with van der Waals surface area (Å²) in [6, 6.07) is 0.327. The minimum absolute atomic E-state index is 0.119. The van der Waals surface area contributed by atoms with Gasteiger partial charge in [0.15, 0.2) is 11.5 Å². The van der Waals surface area contributed by atoms with Crippen molar-refractivity contribution >= 4 is 11.7 Å². The highest BCUT2D eigenvalue weighted by molar-refractivity contribution is 5.94. The first-order valence-corrected chi connectivity index (χ1v) is 7.14. The van der Waals surface area contributed by atoms with Crippen LogP contribution in [-0.4, -0.2) is 20.9 Å². The van der Waals surface area contributed by atoms with Crippen molar-refractivity contribution in [3.05, 3.63) is 5.69 Å². The number of nitrogens with two attached hydrogens (primary N) is 2. The van der Waals surface area contributed by atoms with Crippen molar-refractivity contribution in [2.75, 3.05) is 5.73 Å². The van der Waals surface area contributed by atoms with Crippen LogP contribution in [0.25, 0.3) is 0 Å². The fourth-order valence-corrected chi connectivity index (χ4v) is 4.99. The van der Waals surface area contributed by atoms with Gasteiger partial charge < -0.3 is 11.5 Å². The van der Waals surface area contributed by atoms with Crippen molar-refractivity contribution in [3.8, 4) is 0 Å². The molecule has 0 saturated heterocycles. The Morgan fingerprint density at radius 1 is 1.11 bits per heavy atom. The van der Waals surface area contributed by atoms with Gasteiger partial charge in [-0.15, -0.1) is 5.10 Å². The molecule has 0 atom stereocenters. The van der Waals surface area contributed by atoms with Gasteiger partial charge in [0.1, 0.15) is 0 Å². The number of rotatable bonds is 2. The molecule has 0 radical (unpaired) electrons. The number of nitrogen functional groups attached to an aromatic ring is 1. The van der Waals surface area contributed by atoms with Crippen LogP contribution in [0.3, 0.4) is 0 Å². The van der Waals surface area contributed by atoms with E-state index in [1.54, 1.807) is 4.68 Å². The Labute approximate surface area is 111 Å². The zero-order valence-electron chi connectivity index (χ0n) is 10.8. The maximum atomic E-state index is 11.2. The minimum Gasteiger partial charge on any atom is -0.382 e. The quantitative estimate of drug-likeness (QED) is 0.828. The van der Waals surface area contributed by atoms with Crippen LogP contribution >= 0.6 is 0 Å². The summed E-state index contributed by atoms with van der Waals surface area (Å²) in [7, 11) is 0. The summed E-state index contributed by atoms with van der Waals surface area (Å²) < 4.78 is 1.78. The third-order valence-electron chi connectivity index (χ3n) is 5.42. The van der Waals surface area contributed by atoms with Crippen LogP contribution < -0.4 is 11.5 Å². The Balaban J connectivity index is 1.71. The van der Waals surface area contributed by atoms with Gasteiger partial charge in [-0.3, -0.25) is 4.79 Å². The number of hydrogen-bond acceptors (Lipinski definition) is 4. The summed E-state index contributed by atoms with van der Waals surface area (Å²) in [5.41, 5.74) is 11.4. The van der Waals surface area contributed by atoms with Crippen molar-refractivity contribution in [1.82, 2.24) is 15.0 Å². The van der Waals surface area contributed by atoms with E-state index in [-0.39, 0.29) is 5.69 Å². The largest absolute Gasteiger partial charge is 0.382 e. The summed E-state index contributed by atoms with van der Waals surface area (Å²) in [5, 5.41) is 7.99. The van der Waals surface area contributed by atoms with Gasteiger partial charge in [0, 0.05) is 0 Å². The maximum absolute atomic E-state index is 11.2. The third kappa shape index (κ3) is 1.52. The van der Waals surface area contributed by atoms with E-state index in [4.69, 9.17) is 11.5 Å². The lowest BCUT2D eigenvalue weighted by Gasteiger charge is -2.54. The Morgan fingerprint density at radius 2 is 1.68 bits per heavy atom. The number of hydrogen-bond donors (Lipinski definition) is 2. The molecule has 1 heterocycles. The SMILES string of the molecule is NC(=O)c1nnn(C2C3CC4CC(C3)CC2C4)c1N. The molecule has 19 heavy (non-hydrogen) atoms. The summed E-state index contributed by atoms with van der Waals surface area (Å²) in [6.45, 7) is 0. The molecule has 5 rings (SSSR count). The molecule has 4 fully saturated rings. The van der Waals surface area contributed by atoms with Crippen LogP contribution in [0, 0.1) is 23.7 Å². The molecule has 1 aromatic rings. The molecule has 4 saturated carbocycles. The van der Waals surface area contributed by atoms with E-state index in [9.17, 15) is 4.79 Å². The van der Waals surface area contributed by atoms with Gasteiger partial charge in [0.2, 0.25) is 0 Å². The molecule has 0 aromatic carbocycles. The lowest BCUT2D eigenvalue weighted by Crippen LogP contribution is -2.46. The predicted octanol–water partition coefficient (Wildman–Crippen LogP) is 0.956. The minimum atomic E-state index is -0.590. The van der Waals surface area contributed by atoms with E-state index in [1.165, 1.54) is 32.1 Å². The molecule has 6 nitrogen and oxygen atoms in total. The molecule has 0 aliphatic heterocycles. The summed E-state index contributed by atoms with van der Waals surface area (Å²) >= 11 is 0. The Hall–Kier alpha value is -1.59. The number of anilines is 1. The Bertz CT molecular complexity index is 509. The van der Waals surface area contributed by atoms with Gasteiger partial charge in [-0.1, -0.05) is 5.21 Å². The monoisotopic (exact) mass is 261 g/mol. The molecular formula is C13H19N5O. The highest BCUT2D eigenvalue weighted by Gasteiger charge is 2.50. The molecule has 1 aromatic heterocycles. The highest BCUT2D eigenvalue weighted by Crippen LogP contribution is 2.58. The average Bonchev–Trinajstić information content (AvgIpc) is 2.70. The second-order valence-corrected chi connectivity index (χ2v) is 6.55. The van der Waals surface area contributed by atoms with Gasteiger partial charge in [-0.05, 0) is 55.8 Å². The number of primary amides is 1. The number of carbonyl (C=O) groups is 1. The fraction of sp³-hybridized carbons (Fsp3) is 0.769. The fourth-order valence-electron chi connectivity index (χ4n) is 4.99. The smallest absolute Gasteiger partial charge is 0.273 e. The molecule has 4 N–H and O–H groups in total. The highest BCUT2D eigenvalue weighted by atomic mass is 16.1. The van der Waals surface area contributed by atoms with Crippen molar-refractivity contribution in [1.29, 1.82) is 0 Å². The number of aromatic nitrogens is 3.